The fraction of sp³-hybridized carbons (Fsp3) is 0.381. The van der Waals surface area contributed by atoms with Crippen LogP contribution in [-0.2, 0) is 16.4 Å². The van der Waals surface area contributed by atoms with E-state index in [2.05, 4.69) is 23.6 Å². The van der Waals surface area contributed by atoms with E-state index in [0.717, 1.165) is 15.5 Å². The quantitative estimate of drug-likeness (QED) is 0.537. The van der Waals surface area contributed by atoms with Gasteiger partial charge in [-0.05, 0) is 37.8 Å². The third-order valence-corrected chi connectivity index (χ3v) is 9.24. The Bertz CT molecular complexity index is 1270. The molecule has 0 bridgehead atoms. The highest BCUT2D eigenvalue weighted by atomic mass is 32.2. The first-order chi connectivity index (χ1) is 14.7. The summed E-state index contributed by atoms with van der Waals surface area (Å²) in [6.45, 7) is 6.03. The van der Waals surface area contributed by atoms with E-state index in [1.165, 1.54) is 39.8 Å². The Kier molecular flexibility index (Phi) is 5.97. The van der Waals surface area contributed by atoms with Gasteiger partial charge in [0.2, 0.25) is 0 Å². The fourth-order valence-electron chi connectivity index (χ4n) is 3.43. The average molecular weight is 478 g/mol. The first-order valence-electron chi connectivity index (χ1n) is 10.0. The molecule has 0 aromatic heterocycles. The summed E-state index contributed by atoms with van der Waals surface area (Å²) in [7, 11) is -3.92. The Morgan fingerprint density at radius 1 is 1.19 bits per heavy atom. The molecule has 0 saturated carbocycles. The number of aryl methyl sites for hydroxylation is 1. The molecule has 2 heterocycles. The lowest BCUT2D eigenvalue weighted by molar-refractivity contribution is 0.0975. The molecule has 4 rings (SSSR count). The van der Waals surface area contributed by atoms with Crippen molar-refractivity contribution in [1.29, 1.82) is 0 Å². The predicted octanol–water partition coefficient (Wildman–Crippen LogP) is 4.11. The smallest absolute Gasteiger partial charge is 0.293 e. The number of imidazole rings is 1. The molecule has 0 fully saturated rings. The van der Waals surface area contributed by atoms with Crippen LogP contribution in [0.15, 0.2) is 38.2 Å². The van der Waals surface area contributed by atoms with Gasteiger partial charge in [-0.2, -0.15) is 4.98 Å². The van der Waals surface area contributed by atoms with Crippen molar-refractivity contribution in [1.82, 2.24) is 9.55 Å². The molecular formula is C21H23N3O4S3. The molecule has 0 amide bonds. The Balaban J connectivity index is 1.86. The van der Waals surface area contributed by atoms with Crippen molar-refractivity contribution < 1.29 is 13.2 Å². The maximum Gasteiger partial charge on any atom is 0.354 e. The van der Waals surface area contributed by atoms with Crippen LogP contribution in [0.2, 0.25) is 0 Å². The molecular weight excluding hydrogens is 454 g/mol. The van der Waals surface area contributed by atoms with E-state index in [1.54, 1.807) is 12.1 Å². The van der Waals surface area contributed by atoms with Crippen LogP contribution in [0, 0.1) is 12.8 Å². The minimum absolute atomic E-state index is 0.00824. The maximum absolute atomic E-state index is 13.0. The molecule has 1 aliphatic carbocycles. The molecule has 31 heavy (non-hydrogen) atoms. The summed E-state index contributed by atoms with van der Waals surface area (Å²) in [5.41, 5.74) is 1.44. The van der Waals surface area contributed by atoms with Gasteiger partial charge in [-0.3, -0.25) is 14.1 Å². The predicted molar refractivity (Wildman–Crippen MR) is 124 cm³/mol. The number of nitrogens with one attached hydrogen (secondary N) is 1. The molecule has 2 aliphatic heterocycles. The second kappa shape index (κ2) is 8.40. The number of fused-ring (bicyclic) bond motifs is 3. The minimum Gasteiger partial charge on any atom is -0.293 e. The first-order valence-corrected chi connectivity index (χ1v) is 13.3. The Morgan fingerprint density at radius 2 is 1.90 bits per heavy atom. The third-order valence-electron chi connectivity index (χ3n) is 4.95. The van der Waals surface area contributed by atoms with E-state index < -0.39 is 15.7 Å². The number of hydrogen-bond acceptors (Lipinski definition) is 7. The van der Waals surface area contributed by atoms with Gasteiger partial charge in [-0.25, -0.2) is 13.2 Å². The van der Waals surface area contributed by atoms with Gasteiger partial charge in [0.1, 0.15) is 5.69 Å². The van der Waals surface area contributed by atoms with Crippen molar-refractivity contribution in [3.63, 3.8) is 0 Å². The Labute approximate surface area is 189 Å². The average Bonchev–Trinajstić information content (AvgIpc) is 3.03. The second-order valence-electron chi connectivity index (χ2n) is 7.99. The number of thioether (sulfide) groups is 1. The van der Waals surface area contributed by atoms with Crippen LogP contribution in [0.5, 0.6) is 0 Å². The normalized spacial score (nSPS) is 14.3. The van der Waals surface area contributed by atoms with E-state index in [4.69, 9.17) is 0 Å². The highest BCUT2D eigenvalue weighted by Crippen LogP contribution is 2.41. The van der Waals surface area contributed by atoms with E-state index in [1.807, 2.05) is 6.92 Å². The summed E-state index contributed by atoms with van der Waals surface area (Å²) >= 11 is 2.85. The number of ketones is 1. The van der Waals surface area contributed by atoms with Gasteiger partial charge in [-0.1, -0.05) is 31.5 Å². The van der Waals surface area contributed by atoms with E-state index in [-0.39, 0.29) is 16.5 Å². The number of hydrogen-bond donors (Lipinski definition) is 1. The first kappa shape index (κ1) is 22.0. The summed E-state index contributed by atoms with van der Waals surface area (Å²) in [4.78, 5) is 30.1. The number of nitrogens with zero attached hydrogens (tertiary/aromatic N) is 2. The lowest BCUT2D eigenvalue weighted by Gasteiger charge is -2.21. The molecule has 3 aliphatic rings. The van der Waals surface area contributed by atoms with E-state index in [9.17, 15) is 18.0 Å². The zero-order chi connectivity index (χ0) is 22.3. The molecule has 1 aromatic carbocycles. The van der Waals surface area contributed by atoms with Crippen LogP contribution in [-0.4, -0.2) is 29.5 Å². The molecule has 0 saturated heterocycles. The van der Waals surface area contributed by atoms with Crippen molar-refractivity contribution in [3.8, 4) is 5.69 Å². The van der Waals surface area contributed by atoms with Gasteiger partial charge in [0.05, 0.1) is 14.0 Å². The number of anilines is 1. The zero-order valence-corrected chi connectivity index (χ0v) is 19.9. The molecule has 7 nitrogen and oxygen atoms in total. The third kappa shape index (κ3) is 4.28. The number of sulfonamides is 1. The van der Waals surface area contributed by atoms with E-state index in [0.29, 0.717) is 41.4 Å². The number of benzene rings is 1. The van der Waals surface area contributed by atoms with Crippen molar-refractivity contribution in [3.05, 3.63) is 50.9 Å². The summed E-state index contributed by atoms with van der Waals surface area (Å²) in [6, 6.07) is 6.47. The number of rotatable bonds is 6. The number of carbonyl (C=O) groups excluding carboxylic acids is 1. The zero-order valence-electron chi connectivity index (χ0n) is 17.5. The maximum atomic E-state index is 13.0. The fourth-order valence-corrected chi connectivity index (χ4v) is 6.93. The Morgan fingerprint density at radius 3 is 2.58 bits per heavy atom. The van der Waals surface area contributed by atoms with Gasteiger partial charge in [0.25, 0.3) is 10.0 Å². The lowest BCUT2D eigenvalue weighted by atomic mass is 10.0. The molecule has 164 valence electrons. The van der Waals surface area contributed by atoms with Crippen molar-refractivity contribution in [2.75, 3.05) is 10.5 Å². The highest BCUT2D eigenvalue weighted by molar-refractivity contribution is 8.01. The summed E-state index contributed by atoms with van der Waals surface area (Å²) in [5, 5.41) is 0. The van der Waals surface area contributed by atoms with Crippen LogP contribution >= 0.6 is 23.1 Å². The van der Waals surface area contributed by atoms with Crippen LogP contribution in [0.1, 0.15) is 47.6 Å². The van der Waals surface area contributed by atoms with Crippen LogP contribution in [0.3, 0.4) is 0 Å². The van der Waals surface area contributed by atoms with Crippen LogP contribution in [0.25, 0.3) is 5.69 Å². The molecule has 0 atom stereocenters. The van der Waals surface area contributed by atoms with E-state index >= 15 is 0 Å². The van der Waals surface area contributed by atoms with Gasteiger partial charge >= 0.3 is 5.69 Å². The van der Waals surface area contributed by atoms with Gasteiger partial charge < -0.3 is 0 Å². The molecule has 0 radical (unpaired) electrons. The van der Waals surface area contributed by atoms with Crippen molar-refractivity contribution >= 4 is 44.7 Å². The molecule has 0 spiro atoms. The standard InChI is InChI=1S/C21H23N3O4S3/c1-12(2)11-29-20-17-19(23-31(27,28)14-9-7-13(3)8-10-14)22-21(26)24(17)15-5-4-6-16(25)18(15)30-20/h7-10,12H,4-6,11H2,1-3H3,(H,22,23,26). The highest BCUT2D eigenvalue weighted by Gasteiger charge is 2.31. The second-order valence-corrected chi connectivity index (χ2v) is 12.0. The number of carbonyl (C=O) groups is 1. The summed E-state index contributed by atoms with van der Waals surface area (Å²) in [5.74, 6) is 1.18. The molecule has 1 aromatic rings. The molecule has 0 unspecified atom stereocenters. The lowest BCUT2D eigenvalue weighted by Crippen LogP contribution is -2.24. The summed E-state index contributed by atoms with van der Waals surface area (Å²) < 4.78 is 30.6. The Hall–Kier alpha value is -2.17. The largest absolute Gasteiger partial charge is 0.354 e. The monoisotopic (exact) mass is 477 g/mol. The molecule has 10 heteroatoms. The van der Waals surface area contributed by atoms with Gasteiger partial charge in [-0.15, -0.1) is 23.1 Å². The van der Waals surface area contributed by atoms with Crippen LogP contribution in [0.4, 0.5) is 5.82 Å². The molecule has 1 N–H and O–H groups in total. The van der Waals surface area contributed by atoms with Crippen molar-refractivity contribution in [2.24, 2.45) is 5.92 Å². The van der Waals surface area contributed by atoms with Crippen LogP contribution < -0.4 is 10.4 Å². The van der Waals surface area contributed by atoms with Gasteiger partial charge in [0, 0.05) is 17.9 Å². The summed E-state index contributed by atoms with van der Waals surface area (Å²) in [6.07, 6.45) is 1.70. The SMILES string of the molecule is Cc1ccc(S(=O)(=O)Nc2nc(=O)n3c4c(sc(SCC(C)C)c2-3)C(=O)CCC4)cc1. The number of aromatic nitrogens is 2. The van der Waals surface area contributed by atoms with Crippen molar-refractivity contribution in [2.45, 2.75) is 49.1 Å². The topological polar surface area (TPSA) is 98.1 Å². The number of Topliss-reactive ketones (excluding diaryl/α,β-unsaturated/α-hetero) is 1. The minimum atomic E-state index is -3.92. The van der Waals surface area contributed by atoms with Gasteiger partial charge in [0.15, 0.2) is 11.6 Å².